The lowest BCUT2D eigenvalue weighted by molar-refractivity contribution is -0.121. The first-order valence-corrected chi connectivity index (χ1v) is 11.6. The Morgan fingerprint density at radius 2 is 1.59 bits per heavy atom. The van der Waals surface area contributed by atoms with E-state index in [0.29, 0.717) is 37.2 Å². The highest BCUT2D eigenvalue weighted by Gasteiger charge is 2.12. The van der Waals surface area contributed by atoms with Gasteiger partial charge in [0.2, 0.25) is 5.91 Å². The molecule has 32 heavy (non-hydrogen) atoms. The van der Waals surface area contributed by atoms with Crippen molar-refractivity contribution in [3.63, 3.8) is 0 Å². The molecule has 2 aromatic carbocycles. The molecule has 0 atom stereocenters. The van der Waals surface area contributed by atoms with Gasteiger partial charge in [-0.05, 0) is 67.7 Å². The SMILES string of the molecule is COc1ccc(C(=O)NCCCC(=O)NCc2ccccc2CN2CCCCCC2)cc1. The molecule has 172 valence electrons. The normalized spacial score (nSPS) is 14.4. The molecule has 0 aromatic heterocycles. The van der Waals surface area contributed by atoms with Crippen LogP contribution >= 0.6 is 0 Å². The van der Waals surface area contributed by atoms with E-state index in [4.69, 9.17) is 4.74 Å². The fourth-order valence-electron chi connectivity index (χ4n) is 4.00. The van der Waals surface area contributed by atoms with Crippen LogP contribution in [0.1, 0.15) is 60.0 Å². The minimum Gasteiger partial charge on any atom is -0.497 e. The molecule has 6 nitrogen and oxygen atoms in total. The Bertz CT molecular complexity index is 859. The molecule has 1 heterocycles. The predicted octanol–water partition coefficient (Wildman–Crippen LogP) is 3.90. The van der Waals surface area contributed by atoms with E-state index in [0.717, 1.165) is 19.6 Å². The standard InChI is InChI=1S/C26H35N3O3/c1-32-24-14-12-21(13-15-24)26(31)27-16-8-11-25(30)28-19-22-9-4-5-10-23(22)20-29-17-6-2-3-7-18-29/h4-5,9-10,12-15H,2-3,6-8,11,16-20H2,1H3,(H,27,31)(H,28,30). The number of hydrogen-bond acceptors (Lipinski definition) is 4. The number of nitrogens with zero attached hydrogens (tertiary/aromatic N) is 1. The summed E-state index contributed by atoms with van der Waals surface area (Å²) in [6.45, 7) is 4.26. The van der Waals surface area contributed by atoms with Crippen molar-refractivity contribution in [2.75, 3.05) is 26.7 Å². The summed E-state index contributed by atoms with van der Waals surface area (Å²) in [6, 6.07) is 15.3. The van der Waals surface area contributed by atoms with Gasteiger partial charge in [-0.3, -0.25) is 14.5 Å². The first-order valence-electron chi connectivity index (χ1n) is 11.6. The van der Waals surface area contributed by atoms with Crippen LogP contribution in [0.2, 0.25) is 0 Å². The maximum atomic E-state index is 12.3. The van der Waals surface area contributed by atoms with Crippen molar-refractivity contribution in [2.45, 2.75) is 51.6 Å². The van der Waals surface area contributed by atoms with Crippen LogP contribution in [-0.4, -0.2) is 43.5 Å². The number of hydrogen-bond donors (Lipinski definition) is 2. The Kier molecular flexibility index (Phi) is 9.57. The molecule has 2 N–H and O–H groups in total. The van der Waals surface area contributed by atoms with Crippen LogP contribution in [-0.2, 0) is 17.9 Å². The van der Waals surface area contributed by atoms with E-state index >= 15 is 0 Å². The number of benzene rings is 2. The second-order valence-electron chi connectivity index (χ2n) is 8.32. The summed E-state index contributed by atoms with van der Waals surface area (Å²) in [5.41, 5.74) is 3.05. The number of nitrogens with one attached hydrogen (secondary N) is 2. The molecule has 1 saturated heterocycles. The van der Waals surface area contributed by atoms with Crippen LogP contribution in [0.25, 0.3) is 0 Å². The zero-order chi connectivity index (χ0) is 22.6. The molecular weight excluding hydrogens is 402 g/mol. The molecule has 2 amide bonds. The molecule has 1 aliphatic heterocycles. The lowest BCUT2D eigenvalue weighted by atomic mass is 10.1. The average molecular weight is 438 g/mol. The summed E-state index contributed by atoms with van der Waals surface area (Å²) in [7, 11) is 1.59. The van der Waals surface area contributed by atoms with Gasteiger partial charge in [0.1, 0.15) is 5.75 Å². The molecule has 0 radical (unpaired) electrons. The zero-order valence-electron chi connectivity index (χ0n) is 19.1. The molecule has 1 fully saturated rings. The molecule has 0 spiro atoms. The fourth-order valence-corrected chi connectivity index (χ4v) is 4.00. The lowest BCUT2D eigenvalue weighted by Gasteiger charge is -2.21. The van der Waals surface area contributed by atoms with E-state index in [1.165, 1.54) is 36.8 Å². The van der Waals surface area contributed by atoms with Crippen LogP contribution in [0.3, 0.4) is 0 Å². The molecule has 2 aromatic rings. The van der Waals surface area contributed by atoms with Crippen molar-refractivity contribution >= 4 is 11.8 Å². The lowest BCUT2D eigenvalue weighted by Crippen LogP contribution is -2.28. The summed E-state index contributed by atoms with van der Waals surface area (Å²) >= 11 is 0. The first-order chi connectivity index (χ1) is 15.7. The van der Waals surface area contributed by atoms with Gasteiger partial charge >= 0.3 is 0 Å². The summed E-state index contributed by atoms with van der Waals surface area (Å²) in [5, 5.41) is 5.90. The molecule has 1 aliphatic rings. The van der Waals surface area contributed by atoms with Crippen LogP contribution < -0.4 is 15.4 Å². The highest BCUT2D eigenvalue weighted by Crippen LogP contribution is 2.16. The van der Waals surface area contributed by atoms with Gasteiger partial charge in [0.05, 0.1) is 7.11 Å². The van der Waals surface area contributed by atoms with Crippen molar-refractivity contribution in [2.24, 2.45) is 0 Å². The van der Waals surface area contributed by atoms with E-state index in [-0.39, 0.29) is 11.8 Å². The number of carbonyl (C=O) groups is 2. The van der Waals surface area contributed by atoms with Crippen molar-refractivity contribution in [1.82, 2.24) is 15.5 Å². The topological polar surface area (TPSA) is 70.7 Å². The number of methoxy groups -OCH3 is 1. The maximum absolute atomic E-state index is 12.3. The number of amides is 2. The van der Waals surface area contributed by atoms with Crippen LogP contribution in [0, 0.1) is 0 Å². The first kappa shape index (κ1) is 23.8. The van der Waals surface area contributed by atoms with Crippen LogP contribution in [0.4, 0.5) is 0 Å². The highest BCUT2D eigenvalue weighted by atomic mass is 16.5. The zero-order valence-corrected chi connectivity index (χ0v) is 19.1. The third kappa shape index (κ3) is 7.68. The predicted molar refractivity (Wildman–Crippen MR) is 127 cm³/mol. The molecule has 0 unspecified atom stereocenters. The van der Waals surface area contributed by atoms with Gasteiger partial charge in [-0.15, -0.1) is 0 Å². The Labute approximate surface area is 191 Å². The highest BCUT2D eigenvalue weighted by molar-refractivity contribution is 5.94. The van der Waals surface area contributed by atoms with Gasteiger partial charge in [0.15, 0.2) is 0 Å². The van der Waals surface area contributed by atoms with Gasteiger partial charge in [0.25, 0.3) is 5.91 Å². The Balaban J connectivity index is 1.38. The van der Waals surface area contributed by atoms with Gasteiger partial charge in [-0.1, -0.05) is 37.1 Å². The summed E-state index contributed by atoms with van der Waals surface area (Å²) in [5.74, 6) is 0.579. The molecule has 0 aliphatic carbocycles. The molecule has 3 rings (SSSR count). The van der Waals surface area contributed by atoms with E-state index in [2.05, 4.69) is 33.7 Å². The number of rotatable bonds is 10. The minimum atomic E-state index is -0.143. The van der Waals surface area contributed by atoms with Crippen molar-refractivity contribution in [1.29, 1.82) is 0 Å². The van der Waals surface area contributed by atoms with Crippen molar-refractivity contribution in [3.05, 3.63) is 65.2 Å². The minimum absolute atomic E-state index is 0.00766. The largest absolute Gasteiger partial charge is 0.497 e. The average Bonchev–Trinajstić information content (AvgIpc) is 3.10. The van der Waals surface area contributed by atoms with E-state index in [1.54, 1.807) is 31.4 Å². The van der Waals surface area contributed by atoms with Crippen molar-refractivity contribution < 1.29 is 14.3 Å². The van der Waals surface area contributed by atoms with E-state index < -0.39 is 0 Å². The third-order valence-corrected chi connectivity index (χ3v) is 5.91. The van der Waals surface area contributed by atoms with Gasteiger partial charge < -0.3 is 15.4 Å². The van der Waals surface area contributed by atoms with E-state index in [1.807, 2.05) is 6.07 Å². The molecular formula is C26H35N3O3. The van der Waals surface area contributed by atoms with E-state index in [9.17, 15) is 9.59 Å². The number of likely N-dealkylation sites (tertiary alicyclic amines) is 1. The quantitative estimate of drug-likeness (QED) is 0.553. The van der Waals surface area contributed by atoms with Crippen LogP contribution in [0.5, 0.6) is 5.75 Å². The Morgan fingerprint density at radius 3 is 2.28 bits per heavy atom. The van der Waals surface area contributed by atoms with Gasteiger partial charge in [-0.25, -0.2) is 0 Å². The number of ether oxygens (including phenoxy) is 1. The Morgan fingerprint density at radius 1 is 0.906 bits per heavy atom. The molecule has 0 saturated carbocycles. The summed E-state index contributed by atoms with van der Waals surface area (Å²) in [6.07, 6.45) is 6.19. The second-order valence-corrected chi connectivity index (χ2v) is 8.32. The number of carbonyl (C=O) groups excluding carboxylic acids is 2. The molecule has 6 heteroatoms. The third-order valence-electron chi connectivity index (χ3n) is 5.91. The molecule has 0 bridgehead atoms. The Hall–Kier alpha value is -2.86. The van der Waals surface area contributed by atoms with Crippen LogP contribution in [0.15, 0.2) is 48.5 Å². The van der Waals surface area contributed by atoms with Gasteiger partial charge in [-0.2, -0.15) is 0 Å². The smallest absolute Gasteiger partial charge is 0.251 e. The van der Waals surface area contributed by atoms with Crippen molar-refractivity contribution in [3.8, 4) is 5.75 Å². The monoisotopic (exact) mass is 437 g/mol. The second kappa shape index (κ2) is 12.9. The maximum Gasteiger partial charge on any atom is 0.251 e. The summed E-state index contributed by atoms with van der Waals surface area (Å²) < 4.78 is 5.10. The fraction of sp³-hybridized carbons (Fsp3) is 0.462. The summed E-state index contributed by atoms with van der Waals surface area (Å²) in [4.78, 5) is 27.0. The van der Waals surface area contributed by atoms with Gasteiger partial charge in [0, 0.05) is 31.6 Å².